The van der Waals surface area contributed by atoms with Crippen LogP contribution in [0.1, 0.15) is 25.3 Å². The summed E-state index contributed by atoms with van der Waals surface area (Å²) in [6, 6.07) is 7.71. The Bertz CT molecular complexity index is 716. The third-order valence-electron chi connectivity index (χ3n) is 4.27. The largest absolute Gasteiger partial charge is 0.347 e. The predicted molar refractivity (Wildman–Crippen MR) is 88.0 cm³/mol. The van der Waals surface area contributed by atoms with E-state index in [9.17, 15) is 4.79 Å². The lowest BCUT2D eigenvalue weighted by atomic mass is 10.1. The second-order valence-electron chi connectivity index (χ2n) is 6.01. The maximum atomic E-state index is 12.5. The maximum absolute atomic E-state index is 12.5. The molecule has 0 saturated heterocycles. The Morgan fingerprint density at radius 3 is 2.59 bits per heavy atom. The molecule has 0 radical (unpaired) electrons. The molecule has 22 heavy (non-hydrogen) atoms. The lowest BCUT2D eigenvalue weighted by Crippen LogP contribution is -2.38. The molecule has 1 aromatic carbocycles. The van der Waals surface area contributed by atoms with Crippen molar-refractivity contribution in [3.63, 3.8) is 0 Å². The molecular weight excluding hydrogens is 298 g/mol. The van der Waals surface area contributed by atoms with Crippen molar-refractivity contribution in [3.8, 4) is 11.3 Å². The summed E-state index contributed by atoms with van der Waals surface area (Å²) < 4.78 is 1.85. The third kappa shape index (κ3) is 2.31. The van der Waals surface area contributed by atoms with Crippen LogP contribution in [-0.2, 0) is 16.8 Å². The van der Waals surface area contributed by atoms with Crippen LogP contribution in [0.5, 0.6) is 0 Å². The number of halogens is 1. The Kier molecular flexibility index (Phi) is 3.73. The summed E-state index contributed by atoms with van der Waals surface area (Å²) in [5, 5.41) is 5.42. The summed E-state index contributed by atoms with van der Waals surface area (Å²) in [6.07, 6.45) is 4.55. The molecule has 1 fully saturated rings. The number of carbonyl (C=O) groups excluding carboxylic acids is 1. The number of carbonyl (C=O) groups is 1. The molecule has 1 heterocycles. The first-order chi connectivity index (χ1) is 10.5. The van der Waals surface area contributed by atoms with Crippen LogP contribution in [0.3, 0.4) is 0 Å². The summed E-state index contributed by atoms with van der Waals surface area (Å²) in [6.45, 7) is 2.09. The van der Waals surface area contributed by atoms with Crippen molar-refractivity contribution >= 4 is 17.5 Å². The van der Waals surface area contributed by atoms with Gasteiger partial charge in [0.25, 0.3) is 0 Å². The second kappa shape index (κ2) is 5.43. The van der Waals surface area contributed by atoms with Crippen LogP contribution in [0.4, 0.5) is 0 Å². The van der Waals surface area contributed by atoms with Gasteiger partial charge >= 0.3 is 0 Å². The zero-order valence-electron chi connectivity index (χ0n) is 13.1. The Morgan fingerprint density at radius 2 is 2.05 bits per heavy atom. The van der Waals surface area contributed by atoms with Gasteiger partial charge in [0, 0.05) is 25.9 Å². The van der Waals surface area contributed by atoms with Crippen molar-refractivity contribution in [2.45, 2.75) is 31.7 Å². The SMILES string of the molecule is CCc1cn(C2(C(=O)N(C)C)CC2)nc1-c1ccccc1Cl. The average Bonchev–Trinajstić information content (AvgIpc) is 3.20. The Morgan fingerprint density at radius 1 is 1.36 bits per heavy atom. The highest BCUT2D eigenvalue weighted by Crippen LogP contribution is 2.45. The fraction of sp³-hybridized carbons (Fsp3) is 0.412. The molecule has 2 aromatic rings. The molecule has 116 valence electrons. The number of hydrogen-bond donors (Lipinski definition) is 0. The normalized spacial score (nSPS) is 15.6. The molecule has 0 N–H and O–H groups in total. The number of hydrogen-bond acceptors (Lipinski definition) is 2. The standard InChI is InChI=1S/C17H20ClN3O/c1-4-12-11-21(17(9-10-17)16(22)20(2)3)19-15(12)13-7-5-6-8-14(13)18/h5-8,11H,4,9-10H2,1-3H3. The van der Waals surface area contributed by atoms with E-state index in [-0.39, 0.29) is 5.91 Å². The predicted octanol–water partition coefficient (Wildman–Crippen LogP) is 3.34. The lowest BCUT2D eigenvalue weighted by Gasteiger charge is -2.20. The highest BCUT2D eigenvalue weighted by molar-refractivity contribution is 6.33. The van der Waals surface area contributed by atoms with E-state index < -0.39 is 5.54 Å². The van der Waals surface area contributed by atoms with Gasteiger partial charge in [-0.25, -0.2) is 0 Å². The van der Waals surface area contributed by atoms with Crippen molar-refractivity contribution in [1.82, 2.24) is 14.7 Å². The molecule has 3 rings (SSSR count). The first-order valence-corrected chi connectivity index (χ1v) is 7.93. The van der Waals surface area contributed by atoms with Crippen molar-refractivity contribution in [1.29, 1.82) is 0 Å². The Balaban J connectivity index is 2.07. The first kappa shape index (κ1) is 15.1. The fourth-order valence-corrected chi connectivity index (χ4v) is 3.07. The van der Waals surface area contributed by atoms with Gasteiger partial charge in [-0.1, -0.05) is 36.7 Å². The molecule has 0 atom stereocenters. The van der Waals surface area contributed by atoms with Crippen molar-refractivity contribution in [2.24, 2.45) is 0 Å². The number of rotatable bonds is 4. The quantitative estimate of drug-likeness (QED) is 0.867. The number of aryl methyl sites for hydroxylation is 1. The second-order valence-corrected chi connectivity index (χ2v) is 6.42. The monoisotopic (exact) mass is 317 g/mol. The molecule has 0 aliphatic heterocycles. The Labute approximate surface area is 135 Å². The number of amides is 1. The molecule has 4 nitrogen and oxygen atoms in total. The highest BCUT2D eigenvalue weighted by atomic mass is 35.5. The van der Waals surface area contributed by atoms with E-state index in [1.807, 2.05) is 35.1 Å². The van der Waals surface area contributed by atoms with E-state index in [0.29, 0.717) is 5.02 Å². The van der Waals surface area contributed by atoms with Gasteiger partial charge in [0.05, 0.1) is 10.7 Å². The summed E-state index contributed by atoms with van der Waals surface area (Å²) in [5.74, 6) is 0.114. The molecule has 1 saturated carbocycles. The van der Waals surface area contributed by atoms with E-state index in [4.69, 9.17) is 16.7 Å². The molecule has 1 amide bonds. The van der Waals surface area contributed by atoms with Crippen LogP contribution >= 0.6 is 11.6 Å². The van der Waals surface area contributed by atoms with Gasteiger partial charge in [0.2, 0.25) is 5.91 Å². The van der Waals surface area contributed by atoms with Crippen molar-refractivity contribution in [3.05, 3.63) is 41.0 Å². The summed E-state index contributed by atoms with van der Waals surface area (Å²) >= 11 is 6.32. The van der Waals surface area contributed by atoms with E-state index >= 15 is 0 Å². The van der Waals surface area contributed by atoms with Crippen LogP contribution in [0.2, 0.25) is 5.02 Å². The van der Waals surface area contributed by atoms with E-state index in [2.05, 4.69) is 6.92 Å². The van der Waals surface area contributed by atoms with Gasteiger partial charge in [-0.15, -0.1) is 0 Å². The summed E-state index contributed by atoms with van der Waals surface area (Å²) in [4.78, 5) is 14.1. The highest BCUT2D eigenvalue weighted by Gasteiger charge is 2.53. The molecule has 0 spiro atoms. The molecule has 5 heteroatoms. The summed E-state index contributed by atoms with van der Waals surface area (Å²) in [5.41, 5.74) is 2.43. The van der Waals surface area contributed by atoms with Gasteiger partial charge < -0.3 is 4.90 Å². The number of likely N-dealkylation sites (N-methyl/N-ethyl adjacent to an activating group) is 1. The van der Waals surface area contributed by atoms with Crippen molar-refractivity contribution in [2.75, 3.05) is 14.1 Å². The number of nitrogens with zero attached hydrogens (tertiary/aromatic N) is 3. The third-order valence-corrected chi connectivity index (χ3v) is 4.60. The smallest absolute Gasteiger partial charge is 0.250 e. The minimum atomic E-state index is -0.493. The molecular formula is C17H20ClN3O. The zero-order valence-corrected chi connectivity index (χ0v) is 13.9. The van der Waals surface area contributed by atoms with Gasteiger partial charge in [-0.3, -0.25) is 9.48 Å². The molecule has 1 aliphatic rings. The van der Waals surface area contributed by atoms with E-state index in [1.165, 1.54) is 0 Å². The summed E-state index contributed by atoms with van der Waals surface area (Å²) in [7, 11) is 3.59. The molecule has 1 aliphatic carbocycles. The maximum Gasteiger partial charge on any atom is 0.250 e. The topological polar surface area (TPSA) is 38.1 Å². The van der Waals surface area contributed by atoms with E-state index in [1.54, 1.807) is 19.0 Å². The number of benzene rings is 1. The van der Waals surface area contributed by atoms with Gasteiger partial charge in [-0.2, -0.15) is 5.10 Å². The molecule has 0 unspecified atom stereocenters. The number of aromatic nitrogens is 2. The van der Waals surface area contributed by atoms with Crippen LogP contribution in [-0.4, -0.2) is 34.7 Å². The molecule has 0 bridgehead atoms. The van der Waals surface area contributed by atoms with Crippen LogP contribution in [0, 0.1) is 0 Å². The van der Waals surface area contributed by atoms with Crippen LogP contribution in [0.25, 0.3) is 11.3 Å². The first-order valence-electron chi connectivity index (χ1n) is 7.55. The van der Waals surface area contributed by atoms with E-state index in [0.717, 1.165) is 36.1 Å². The average molecular weight is 318 g/mol. The van der Waals surface area contributed by atoms with Crippen LogP contribution in [0.15, 0.2) is 30.5 Å². The van der Waals surface area contributed by atoms with Gasteiger partial charge in [0.1, 0.15) is 5.54 Å². The van der Waals surface area contributed by atoms with Gasteiger partial charge in [-0.05, 0) is 30.9 Å². The molecule has 1 aromatic heterocycles. The van der Waals surface area contributed by atoms with Gasteiger partial charge in [0.15, 0.2) is 0 Å². The minimum absolute atomic E-state index is 0.114. The fourth-order valence-electron chi connectivity index (χ4n) is 2.84. The minimum Gasteiger partial charge on any atom is -0.347 e. The zero-order chi connectivity index (χ0) is 15.9. The van der Waals surface area contributed by atoms with Crippen LogP contribution < -0.4 is 0 Å². The Hall–Kier alpha value is -1.81. The lowest BCUT2D eigenvalue weighted by molar-refractivity contribution is -0.133. The van der Waals surface area contributed by atoms with Crippen molar-refractivity contribution < 1.29 is 4.79 Å².